The first kappa shape index (κ1) is 16.0. The first-order valence-electron chi connectivity index (χ1n) is 6.96. The van der Waals surface area contributed by atoms with Gasteiger partial charge in [-0.2, -0.15) is 0 Å². The topological polar surface area (TPSA) is 29.9 Å². The maximum atomic E-state index is 13.9. The van der Waals surface area contributed by atoms with Crippen LogP contribution in [0.3, 0.4) is 0 Å². The predicted molar refractivity (Wildman–Crippen MR) is 84.1 cm³/mol. The van der Waals surface area contributed by atoms with Crippen molar-refractivity contribution < 1.29 is 4.39 Å². The van der Waals surface area contributed by atoms with Gasteiger partial charge in [0.25, 0.3) is 0 Å². The van der Waals surface area contributed by atoms with Gasteiger partial charge in [-0.05, 0) is 39.8 Å². The Morgan fingerprint density at radius 2 is 2.05 bits per heavy atom. The maximum Gasteiger partial charge on any atom is 0.129 e. The lowest BCUT2D eigenvalue weighted by Gasteiger charge is -2.21. The summed E-state index contributed by atoms with van der Waals surface area (Å²) in [4.78, 5) is 4.34. The predicted octanol–water partition coefficient (Wildman–Crippen LogP) is 3.92. The Kier molecular flexibility index (Phi) is 4.69. The van der Waals surface area contributed by atoms with Gasteiger partial charge in [-0.15, -0.1) is 0 Å². The number of hydrogen-bond acceptors (Lipinski definition) is 2. The molecule has 0 aliphatic rings. The number of rotatable bonds is 4. The standard InChI is InChI=1S/C16H21ClFN3/c1-11-19-8-14(9-20-16(2,3)4)21(11)10-12-5-6-13(17)7-15(12)18/h5-8,20H,9-10H2,1-4H3. The third-order valence-corrected chi connectivity index (χ3v) is 3.52. The summed E-state index contributed by atoms with van der Waals surface area (Å²) in [7, 11) is 0. The molecule has 5 heteroatoms. The molecule has 0 bridgehead atoms. The van der Waals surface area contributed by atoms with Crippen LogP contribution in [0.25, 0.3) is 0 Å². The van der Waals surface area contributed by atoms with Crippen molar-refractivity contribution in [3.8, 4) is 0 Å². The van der Waals surface area contributed by atoms with Gasteiger partial charge in [0.2, 0.25) is 0 Å². The van der Waals surface area contributed by atoms with E-state index in [0.29, 0.717) is 23.7 Å². The molecule has 0 atom stereocenters. The monoisotopic (exact) mass is 309 g/mol. The van der Waals surface area contributed by atoms with E-state index in [2.05, 4.69) is 31.1 Å². The summed E-state index contributed by atoms with van der Waals surface area (Å²) in [5.74, 6) is 0.584. The van der Waals surface area contributed by atoms with Crippen LogP contribution in [0.5, 0.6) is 0 Å². The fourth-order valence-electron chi connectivity index (χ4n) is 2.05. The van der Waals surface area contributed by atoms with Gasteiger partial charge >= 0.3 is 0 Å². The Labute approximate surface area is 130 Å². The molecular weight excluding hydrogens is 289 g/mol. The average molecular weight is 310 g/mol. The molecule has 0 aliphatic heterocycles. The molecule has 0 saturated carbocycles. The van der Waals surface area contributed by atoms with Crippen molar-refractivity contribution >= 4 is 11.6 Å². The largest absolute Gasteiger partial charge is 0.326 e. The zero-order valence-corrected chi connectivity index (χ0v) is 13.6. The maximum absolute atomic E-state index is 13.9. The Morgan fingerprint density at radius 3 is 2.67 bits per heavy atom. The van der Waals surface area contributed by atoms with Crippen molar-refractivity contribution in [2.75, 3.05) is 0 Å². The molecule has 21 heavy (non-hydrogen) atoms. The highest BCUT2D eigenvalue weighted by molar-refractivity contribution is 6.30. The van der Waals surface area contributed by atoms with Gasteiger partial charge in [-0.3, -0.25) is 0 Å². The zero-order chi connectivity index (χ0) is 15.6. The zero-order valence-electron chi connectivity index (χ0n) is 12.9. The van der Waals surface area contributed by atoms with Gasteiger partial charge in [0, 0.05) is 28.9 Å². The molecule has 0 saturated heterocycles. The molecule has 0 amide bonds. The van der Waals surface area contributed by atoms with E-state index >= 15 is 0 Å². The minimum atomic E-state index is -0.287. The lowest BCUT2D eigenvalue weighted by Crippen LogP contribution is -2.35. The number of halogens is 2. The van der Waals surface area contributed by atoms with Crippen LogP contribution < -0.4 is 5.32 Å². The van der Waals surface area contributed by atoms with E-state index < -0.39 is 0 Å². The average Bonchev–Trinajstić information content (AvgIpc) is 2.71. The highest BCUT2D eigenvalue weighted by Crippen LogP contribution is 2.17. The lowest BCUT2D eigenvalue weighted by molar-refractivity contribution is 0.416. The van der Waals surface area contributed by atoms with Gasteiger partial charge < -0.3 is 9.88 Å². The van der Waals surface area contributed by atoms with Crippen molar-refractivity contribution in [2.45, 2.75) is 46.3 Å². The van der Waals surface area contributed by atoms with Gasteiger partial charge in [0.05, 0.1) is 12.2 Å². The Bertz CT molecular complexity index is 629. The molecule has 0 radical (unpaired) electrons. The van der Waals surface area contributed by atoms with Crippen LogP contribution in [-0.4, -0.2) is 15.1 Å². The third kappa shape index (κ3) is 4.29. The van der Waals surface area contributed by atoms with Gasteiger partial charge in [-0.1, -0.05) is 17.7 Å². The number of nitrogens with zero attached hydrogens (tertiary/aromatic N) is 2. The molecular formula is C16H21ClFN3. The summed E-state index contributed by atoms with van der Waals surface area (Å²) in [5.41, 5.74) is 1.67. The Morgan fingerprint density at radius 1 is 1.33 bits per heavy atom. The highest BCUT2D eigenvalue weighted by atomic mass is 35.5. The minimum Gasteiger partial charge on any atom is -0.326 e. The summed E-state index contributed by atoms with van der Waals surface area (Å²) < 4.78 is 16.0. The third-order valence-electron chi connectivity index (χ3n) is 3.28. The van der Waals surface area contributed by atoms with Crippen LogP contribution in [0, 0.1) is 12.7 Å². The van der Waals surface area contributed by atoms with Crippen molar-refractivity contribution in [3.63, 3.8) is 0 Å². The molecule has 2 aromatic rings. The summed E-state index contributed by atoms with van der Waals surface area (Å²) in [6.45, 7) is 9.40. The van der Waals surface area contributed by atoms with E-state index in [1.165, 1.54) is 6.07 Å². The van der Waals surface area contributed by atoms with Gasteiger partial charge in [0.15, 0.2) is 0 Å². The molecule has 2 rings (SSSR count). The molecule has 0 fully saturated rings. The van der Waals surface area contributed by atoms with E-state index in [0.717, 1.165) is 11.5 Å². The first-order valence-corrected chi connectivity index (χ1v) is 7.34. The normalized spacial score (nSPS) is 11.9. The number of nitrogens with one attached hydrogen (secondary N) is 1. The molecule has 1 aromatic carbocycles. The van der Waals surface area contributed by atoms with E-state index in [1.54, 1.807) is 12.1 Å². The smallest absolute Gasteiger partial charge is 0.129 e. The number of aryl methyl sites for hydroxylation is 1. The Hall–Kier alpha value is -1.39. The molecule has 3 nitrogen and oxygen atoms in total. The number of benzene rings is 1. The fraction of sp³-hybridized carbons (Fsp3) is 0.438. The lowest BCUT2D eigenvalue weighted by atomic mass is 10.1. The first-order chi connectivity index (χ1) is 9.76. The fourth-order valence-corrected chi connectivity index (χ4v) is 2.21. The van der Waals surface area contributed by atoms with Crippen molar-refractivity contribution in [3.05, 3.63) is 52.3 Å². The molecule has 1 heterocycles. The molecule has 114 valence electrons. The second-order valence-electron chi connectivity index (χ2n) is 6.22. The van der Waals surface area contributed by atoms with E-state index in [1.807, 2.05) is 17.7 Å². The van der Waals surface area contributed by atoms with Crippen LogP contribution in [0.2, 0.25) is 5.02 Å². The second-order valence-corrected chi connectivity index (χ2v) is 6.66. The SMILES string of the molecule is Cc1ncc(CNC(C)(C)C)n1Cc1ccc(Cl)cc1F. The summed E-state index contributed by atoms with van der Waals surface area (Å²) in [6, 6.07) is 4.77. The minimum absolute atomic E-state index is 0.0223. The van der Waals surface area contributed by atoms with Gasteiger partial charge in [0.1, 0.15) is 11.6 Å². The van der Waals surface area contributed by atoms with E-state index in [9.17, 15) is 4.39 Å². The van der Waals surface area contributed by atoms with Crippen LogP contribution in [0.4, 0.5) is 4.39 Å². The number of imidazole rings is 1. The summed E-state index contributed by atoms with van der Waals surface area (Å²) >= 11 is 5.79. The van der Waals surface area contributed by atoms with Crippen LogP contribution in [0.1, 0.15) is 37.9 Å². The molecule has 0 spiro atoms. The highest BCUT2D eigenvalue weighted by Gasteiger charge is 2.13. The molecule has 1 N–H and O–H groups in total. The number of aromatic nitrogens is 2. The van der Waals surface area contributed by atoms with E-state index in [4.69, 9.17) is 11.6 Å². The molecule has 1 aromatic heterocycles. The van der Waals surface area contributed by atoms with Crippen LogP contribution in [0.15, 0.2) is 24.4 Å². The quantitative estimate of drug-likeness (QED) is 0.927. The summed E-state index contributed by atoms with van der Waals surface area (Å²) in [6.07, 6.45) is 1.84. The molecule has 0 unspecified atom stereocenters. The van der Waals surface area contributed by atoms with E-state index in [-0.39, 0.29) is 11.4 Å². The molecule has 0 aliphatic carbocycles. The van der Waals surface area contributed by atoms with Gasteiger partial charge in [-0.25, -0.2) is 9.37 Å². The number of hydrogen-bond donors (Lipinski definition) is 1. The van der Waals surface area contributed by atoms with Crippen LogP contribution >= 0.6 is 11.6 Å². The Balaban J connectivity index is 2.21. The van der Waals surface area contributed by atoms with Crippen LogP contribution in [-0.2, 0) is 13.1 Å². The van der Waals surface area contributed by atoms with Crippen molar-refractivity contribution in [2.24, 2.45) is 0 Å². The van der Waals surface area contributed by atoms with Crippen molar-refractivity contribution in [1.29, 1.82) is 0 Å². The summed E-state index contributed by atoms with van der Waals surface area (Å²) in [5, 5.41) is 3.84. The van der Waals surface area contributed by atoms with Crippen molar-refractivity contribution in [1.82, 2.24) is 14.9 Å². The second kappa shape index (κ2) is 6.16.